The smallest absolute Gasteiger partial charge is 0.0479 e. The maximum Gasteiger partial charge on any atom is 0.0479 e. The minimum absolute atomic E-state index is 0.693. The third kappa shape index (κ3) is 2.42. The van der Waals surface area contributed by atoms with Crippen LogP contribution in [-0.4, -0.2) is 11.4 Å². The molecule has 1 rings (SSSR count). The van der Waals surface area contributed by atoms with Crippen molar-refractivity contribution in [2.75, 3.05) is 0 Å². The van der Waals surface area contributed by atoms with Crippen LogP contribution in [0.4, 0.5) is 0 Å². The molecule has 0 aliphatic rings. The molecule has 0 saturated carbocycles. The zero-order valence-electron chi connectivity index (χ0n) is 6.49. The van der Waals surface area contributed by atoms with Crippen molar-refractivity contribution in [2.24, 2.45) is 5.16 Å². The van der Waals surface area contributed by atoms with Crippen LogP contribution in [0.15, 0.2) is 29.4 Å². The van der Waals surface area contributed by atoms with Crippen molar-refractivity contribution >= 4 is 6.21 Å². The Kier molecular flexibility index (Phi) is 2.66. The number of aryl methyl sites for hydroxylation is 1. The SMILES string of the molecule is Cc1cccc(CC=NO)c1. The third-order valence-corrected chi connectivity index (χ3v) is 1.49. The van der Waals surface area contributed by atoms with Crippen LogP contribution in [0.2, 0.25) is 0 Å². The first-order valence-corrected chi connectivity index (χ1v) is 3.54. The molecule has 0 aliphatic carbocycles. The van der Waals surface area contributed by atoms with Crippen LogP contribution in [0.3, 0.4) is 0 Å². The van der Waals surface area contributed by atoms with Gasteiger partial charge in [-0.05, 0) is 12.5 Å². The fraction of sp³-hybridized carbons (Fsp3) is 0.222. The summed E-state index contributed by atoms with van der Waals surface area (Å²) in [4.78, 5) is 0. The first-order chi connectivity index (χ1) is 5.33. The van der Waals surface area contributed by atoms with Crippen molar-refractivity contribution in [3.05, 3.63) is 35.4 Å². The fourth-order valence-electron chi connectivity index (χ4n) is 0.985. The maximum absolute atomic E-state index is 8.17. The van der Waals surface area contributed by atoms with E-state index in [1.807, 2.05) is 25.1 Å². The lowest BCUT2D eigenvalue weighted by Crippen LogP contribution is -1.85. The van der Waals surface area contributed by atoms with Gasteiger partial charge in [0.15, 0.2) is 0 Å². The lowest BCUT2D eigenvalue weighted by molar-refractivity contribution is 0.321. The molecule has 0 spiro atoms. The largest absolute Gasteiger partial charge is 0.411 e. The van der Waals surface area contributed by atoms with Gasteiger partial charge in [-0.1, -0.05) is 29.8 Å². The summed E-state index contributed by atoms with van der Waals surface area (Å²) < 4.78 is 0. The molecule has 58 valence electrons. The van der Waals surface area contributed by atoms with Gasteiger partial charge >= 0.3 is 0 Å². The van der Waals surface area contributed by atoms with E-state index in [1.165, 1.54) is 17.3 Å². The van der Waals surface area contributed by atoms with E-state index in [1.54, 1.807) is 0 Å². The van der Waals surface area contributed by atoms with Crippen LogP contribution in [0.5, 0.6) is 0 Å². The van der Waals surface area contributed by atoms with Gasteiger partial charge in [0.05, 0.1) is 0 Å². The van der Waals surface area contributed by atoms with Gasteiger partial charge in [-0.25, -0.2) is 0 Å². The van der Waals surface area contributed by atoms with Crippen molar-refractivity contribution in [3.63, 3.8) is 0 Å². The molecule has 0 unspecified atom stereocenters. The molecule has 0 bridgehead atoms. The zero-order valence-corrected chi connectivity index (χ0v) is 6.49. The highest BCUT2D eigenvalue weighted by Gasteiger charge is 1.89. The quantitative estimate of drug-likeness (QED) is 0.389. The molecule has 1 aromatic carbocycles. The number of nitrogens with zero attached hydrogens (tertiary/aromatic N) is 1. The second-order valence-corrected chi connectivity index (χ2v) is 2.49. The Balaban J connectivity index is 2.71. The minimum atomic E-state index is 0.693. The van der Waals surface area contributed by atoms with E-state index in [2.05, 4.69) is 11.2 Å². The van der Waals surface area contributed by atoms with E-state index in [9.17, 15) is 0 Å². The predicted molar refractivity (Wildman–Crippen MR) is 45.2 cm³/mol. The molecule has 0 aliphatic heterocycles. The second-order valence-electron chi connectivity index (χ2n) is 2.49. The van der Waals surface area contributed by atoms with Gasteiger partial charge in [0, 0.05) is 12.6 Å². The van der Waals surface area contributed by atoms with Crippen molar-refractivity contribution in [3.8, 4) is 0 Å². The number of oxime groups is 1. The van der Waals surface area contributed by atoms with Crippen LogP contribution in [-0.2, 0) is 6.42 Å². The summed E-state index contributed by atoms with van der Waals surface area (Å²) >= 11 is 0. The minimum Gasteiger partial charge on any atom is -0.411 e. The van der Waals surface area contributed by atoms with Gasteiger partial charge in [-0.15, -0.1) is 5.16 Å². The molecule has 0 atom stereocenters. The summed E-state index contributed by atoms with van der Waals surface area (Å²) in [6, 6.07) is 8.12. The van der Waals surface area contributed by atoms with Crippen molar-refractivity contribution in [2.45, 2.75) is 13.3 Å². The Labute approximate surface area is 66.2 Å². The lowest BCUT2D eigenvalue weighted by Gasteiger charge is -1.95. The summed E-state index contributed by atoms with van der Waals surface area (Å²) in [7, 11) is 0. The van der Waals surface area contributed by atoms with E-state index >= 15 is 0 Å². The second kappa shape index (κ2) is 3.76. The van der Waals surface area contributed by atoms with E-state index in [4.69, 9.17) is 5.21 Å². The fourth-order valence-corrected chi connectivity index (χ4v) is 0.985. The van der Waals surface area contributed by atoms with Crippen LogP contribution in [0.25, 0.3) is 0 Å². The van der Waals surface area contributed by atoms with Gasteiger partial charge in [0.25, 0.3) is 0 Å². The highest BCUT2D eigenvalue weighted by atomic mass is 16.4. The number of hydrogen-bond acceptors (Lipinski definition) is 2. The average molecular weight is 149 g/mol. The van der Waals surface area contributed by atoms with E-state index in [-0.39, 0.29) is 0 Å². The molecule has 1 aromatic rings. The van der Waals surface area contributed by atoms with Gasteiger partial charge in [-0.2, -0.15) is 0 Å². The molecule has 0 radical (unpaired) electrons. The van der Waals surface area contributed by atoms with E-state index < -0.39 is 0 Å². The summed E-state index contributed by atoms with van der Waals surface area (Å²) in [5.41, 5.74) is 2.40. The molecule has 0 amide bonds. The van der Waals surface area contributed by atoms with Gasteiger partial charge in [0.2, 0.25) is 0 Å². The molecular formula is C9H11NO. The number of hydrogen-bond donors (Lipinski definition) is 1. The van der Waals surface area contributed by atoms with E-state index in [0.717, 1.165) is 0 Å². The van der Waals surface area contributed by atoms with Gasteiger partial charge < -0.3 is 5.21 Å². The maximum atomic E-state index is 8.17. The third-order valence-electron chi connectivity index (χ3n) is 1.49. The highest BCUT2D eigenvalue weighted by molar-refractivity contribution is 5.60. The topological polar surface area (TPSA) is 32.6 Å². The summed E-state index contributed by atoms with van der Waals surface area (Å²) in [6.07, 6.45) is 2.17. The van der Waals surface area contributed by atoms with Gasteiger partial charge in [0.1, 0.15) is 0 Å². The Morgan fingerprint density at radius 1 is 1.55 bits per heavy atom. The summed E-state index contributed by atoms with van der Waals surface area (Å²) in [5, 5.41) is 11.1. The van der Waals surface area contributed by atoms with Crippen LogP contribution < -0.4 is 0 Å². The number of benzene rings is 1. The Morgan fingerprint density at radius 3 is 3.00 bits per heavy atom. The normalized spacial score (nSPS) is 10.6. The van der Waals surface area contributed by atoms with Crippen LogP contribution in [0.1, 0.15) is 11.1 Å². The predicted octanol–water partition coefficient (Wildman–Crippen LogP) is 2.00. The highest BCUT2D eigenvalue weighted by Crippen LogP contribution is 2.02. The summed E-state index contributed by atoms with van der Waals surface area (Å²) in [6.45, 7) is 2.04. The van der Waals surface area contributed by atoms with E-state index in [0.29, 0.717) is 6.42 Å². The van der Waals surface area contributed by atoms with Crippen molar-refractivity contribution < 1.29 is 5.21 Å². The molecule has 0 fully saturated rings. The molecule has 2 heteroatoms. The van der Waals surface area contributed by atoms with Crippen molar-refractivity contribution in [1.29, 1.82) is 0 Å². The first-order valence-electron chi connectivity index (χ1n) is 3.54. The molecule has 0 heterocycles. The molecule has 11 heavy (non-hydrogen) atoms. The standard InChI is InChI=1S/C9H11NO/c1-8-3-2-4-9(7-8)5-6-10-11/h2-4,6-7,11H,5H2,1H3. The molecule has 1 N–H and O–H groups in total. The monoisotopic (exact) mass is 149 g/mol. The number of rotatable bonds is 2. The lowest BCUT2D eigenvalue weighted by atomic mass is 10.1. The van der Waals surface area contributed by atoms with Crippen molar-refractivity contribution in [1.82, 2.24) is 0 Å². The molecule has 0 saturated heterocycles. The molecule has 2 nitrogen and oxygen atoms in total. The first kappa shape index (κ1) is 7.79. The zero-order chi connectivity index (χ0) is 8.10. The Bertz CT molecular complexity index is 255. The van der Waals surface area contributed by atoms with Gasteiger partial charge in [-0.3, -0.25) is 0 Å². The summed E-state index contributed by atoms with van der Waals surface area (Å²) in [5.74, 6) is 0. The molecule has 0 aromatic heterocycles. The molecular weight excluding hydrogens is 138 g/mol. The van der Waals surface area contributed by atoms with Crippen LogP contribution in [0, 0.1) is 6.92 Å². The average Bonchev–Trinajstić information content (AvgIpc) is 2.01. The Hall–Kier alpha value is -1.31. The Morgan fingerprint density at radius 2 is 2.36 bits per heavy atom. The van der Waals surface area contributed by atoms with Crippen LogP contribution >= 0.6 is 0 Å².